The summed E-state index contributed by atoms with van der Waals surface area (Å²) < 4.78 is 7.31. The van der Waals surface area contributed by atoms with Gasteiger partial charge in [0.05, 0.1) is 12.6 Å². The molecule has 6 nitrogen and oxygen atoms in total. The summed E-state index contributed by atoms with van der Waals surface area (Å²) >= 11 is 0. The smallest absolute Gasteiger partial charge is 0.139 e. The Bertz CT molecular complexity index is 534. The van der Waals surface area contributed by atoms with Crippen molar-refractivity contribution in [3.8, 4) is 0 Å². The van der Waals surface area contributed by atoms with Crippen molar-refractivity contribution < 1.29 is 4.52 Å². The molecule has 2 aromatic heterocycles. The zero-order valence-corrected chi connectivity index (χ0v) is 12.1. The first-order chi connectivity index (χ1) is 9.74. The lowest BCUT2D eigenvalue weighted by Gasteiger charge is -2.22. The lowest BCUT2D eigenvalue weighted by atomic mass is 10.1. The second kappa shape index (κ2) is 5.75. The SMILES string of the molecule is CC(C)c1cc(C2CCCN2CCn2cncn2)no1. The van der Waals surface area contributed by atoms with Gasteiger partial charge in [0.1, 0.15) is 24.1 Å². The summed E-state index contributed by atoms with van der Waals surface area (Å²) in [5, 5.41) is 8.41. The Morgan fingerprint density at radius 2 is 2.30 bits per heavy atom. The van der Waals surface area contributed by atoms with Crippen LogP contribution in [0, 0.1) is 0 Å². The highest BCUT2D eigenvalue weighted by molar-refractivity contribution is 5.13. The summed E-state index contributed by atoms with van der Waals surface area (Å²) in [6.45, 7) is 7.20. The predicted molar refractivity (Wildman–Crippen MR) is 74.2 cm³/mol. The molecule has 0 amide bonds. The van der Waals surface area contributed by atoms with Gasteiger partial charge >= 0.3 is 0 Å². The van der Waals surface area contributed by atoms with Crippen LogP contribution in [0.15, 0.2) is 23.2 Å². The number of rotatable bonds is 5. The van der Waals surface area contributed by atoms with E-state index in [-0.39, 0.29) is 0 Å². The lowest BCUT2D eigenvalue weighted by Crippen LogP contribution is -2.27. The van der Waals surface area contributed by atoms with Crippen LogP contribution in [-0.4, -0.2) is 37.9 Å². The molecule has 6 heteroatoms. The average Bonchev–Trinajstić information content (AvgIpc) is 3.17. The van der Waals surface area contributed by atoms with Crippen LogP contribution in [0.3, 0.4) is 0 Å². The first-order valence-corrected chi connectivity index (χ1v) is 7.27. The molecule has 0 N–H and O–H groups in total. The maximum atomic E-state index is 5.43. The summed E-state index contributed by atoms with van der Waals surface area (Å²) in [6, 6.07) is 2.50. The summed E-state index contributed by atoms with van der Waals surface area (Å²) in [4.78, 5) is 6.44. The van der Waals surface area contributed by atoms with E-state index in [1.54, 1.807) is 12.7 Å². The quantitative estimate of drug-likeness (QED) is 0.837. The minimum atomic E-state index is 0.384. The molecule has 3 rings (SSSR count). The van der Waals surface area contributed by atoms with Crippen molar-refractivity contribution in [2.24, 2.45) is 0 Å². The molecule has 3 heterocycles. The van der Waals surface area contributed by atoms with E-state index >= 15 is 0 Å². The zero-order chi connectivity index (χ0) is 13.9. The van der Waals surface area contributed by atoms with Crippen molar-refractivity contribution in [3.05, 3.63) is 30.2 Å². The highest BCUT2D eigenvalue weighted by Gasteiger charge is 2.28. The van der Waals surface area contributed by atoms with Gasteiger partial charge in [0.15, 0.2) is 0 Å². The second-order valence-corrected chi connectivity index (χ2v) is 5.66. The molecule has 0 radical (unpaired) electrons. The van der Waals surface area contributed by atoms with Crippen molar-refractivity contribution >= 4 is 0 Å². The van der Waals surface area contributed by atoms with E-state index in [0.29, 0.717) is 12.0 Å². The third-order valence-electron chi connectivity index (χ3n) is 3.90. The van der Waals surface area contributed by atoms with Gasteiger partial charge in [-0.3, -0.25) is 9.58 Å². The zero-order valence-electron chi connectivity index (χ0n) is 12.1. The lowest BCUT2D eigenvalue weighted by molar-refractivity contribution is 0.232. The summed E-state index contributed by atoms with van der Waals surface area (Å²) in [7, 11) is 0. The maximum absolute atomic E-state index is 5.43. The minimum Gasteiger partial charge on any atom is -0.361 e. The van der Waals surface area contributed by atoms with Crippen molar-refractivity contribution in [3.63, 3.8) is 0 Å². The van der Waals surface area contributed by atoms with Gasteiger partial charge in [0.2, 0.25) is 0 Å². The Labute approximate surface area is 118 Å². The van der Waals surface area contributed by atoms with Crippen LogP contribution in [0.4, 0.5) is 0 Å². The van der Waals surface area contributed by atoms with Gasteiger partial charge in [-0.25, -0.2) is 4.98 Å². The highest BCUT2D eigenvalue weighted by atomic mass is 16.5. The molecule has 0 bridgehead atoms. The number of aromatic nitrogens is 4. The Morgan fingerprint density at radius 3 is 3.00 bits per heavy atom. The fraction of sp³-hybridized carbons (Fsp3) is 0.643. The Kier molecular flexibility index (Phi) is 3.82. The molecule has 0 aliphatic carbocycles. The van der Waals surface area contributed by atoms with E-state index in [1.165, 1.54) is 6.42 Å². The van der Waals surface area contributed by atoms with E-state index in [9.17, 15) is 0 Å². The molecule has 2 aromatic rings. The minimum absolute atomic E-state index is 0.384. The molecule has 1 atom stereocenters. The molecule has 0 spiro atoms. The van der Waals surface area contributed by atoms with Crippen LogP contribution in [0.25, 0.3) is 0 Å². The van der Waals surface area contributed by atoms with Crippen LogP contribution in [0.2, 0.25) is 0 Å². The summed E-state index contributed by atoms with van der Waals surface area (Å²) in [6.07, 6.45) is 5.71. The molecule has 0 aromatic carbocycles. The fourth-order valence-corrected chi connectivity index (χ4v) is 2.74. The molecule has 108 valence electrons. The van der Waals surface area contributed by atoms with Crippen LogP contribution >= 0.6 is 0 Å². The standard InChI is InChI=1S/C14H21N5O/c1-11(2)14-8-12(17-20-14)13-4-3-5-18(13)6-7-19-10-15-9-16-19/h8-11,13H,3-7H2,1-2H3. The summed E-state index contributed by atoms with van der Waals surface area (Å²) in [5.41, 5.74) is 1.07. The van der Waals surface area contributed by atoms with Gasteiger partial charge in [-0.2, -0.15) is 5.10 Å². The Balaban J connectivity index is 1.65. The summed E-state index contributed by atoms with van der Waals surface area (Å²) in [5.74, 6) is 1.37. The Morgan fingerprint density at radius 1 is 1.40 bits per heavy atom. The van der Waals surface area contributed by atoms with Gasteiger partial charge in [-0.15, -0.1) is 0 Å². The van der Waals surface area contributed by atoms with Crippen molar-refractivity contribution in [2.45, 2.75) is 45.2 Å². The second-order valence-electron chi connectivity index (χ2n) is 5.66. The van der Waals surface area contributed by atoms with Crippen molar-refractivity contribution in [2.75, 3.05) is 13.1 Å². The molecule has 20 heavy (non-hydrogen) atoms. The largest absolute Gasteiger partial charge is 0.361 e. The monoisotopic (exact) mass is 275 g/mol. The molecule has 1 aliphatic rings. The van der Waals surface area contributed by atoms with E-state index in [1.807, 2.05) is 4.68 Å². The van der Waals surface area contributed by atoms with Gasteiger partial charge in [-0.05, 0) is 19.4 Å². The molecule has 1 aliphatic heterocycles. The molecular formula is C14H21N5O. The third-order valence-corrected chi connectivity index (χ3v) is 3.90. The molecule has 1 fully saturated rings. The normalized spacial score (nSPS) is 20.1. The van der Waals surface area contributed by atoms with Crippen molar-refractivity contribution in [1.29, 1.82) is 0 Å². The van der Waals surface area contributed by atoms with E-state index in [0.717, 1.165) is 37.5 Å². The number of hydrogen-bond donors (Lipinski definition) is 0. The average molecular weight is 275 g/mol. The topological polar surface area (TPSA) is 60.0 Å². The number of likely N-dealkylation sites (tertiary alicyclic amines) is 1. The highest BCUT2D eigenvalue weighted by Crippen LogP contribution is 2.32. The van der Waals surface area contributed by atoms with E-state index < -0.39 is 0 Å². The van der Waals surface area contributed by atoms with Gasteiger partial charge < -0.3 is 4.52 Å². The van der Waals surface area contributed by atoms with E-state index in [2.05, 4.69) is 40.1 Å². The molecule has 0 saturated carbocycles. The van der Waals surface area contributed by atoms with Gasteiger partial charge in [0.25, 0.3) is 0 Å². The van der Waals surface area contributed by atoms with Crippen LogP contribution < -0.4 is 0 Å². The van der Waals surface area contributed by atoms with Crippen molar-refractivity contribution in [1.82, 2.24) is 24.8 Å². The van der Waals surface area contributed by atoms with Crippen LogP contribution in [-0.2, 0) is 6.54 Å². The van der Waals surface area contributed by atoms with Gasteiger partial charge in [0, 0.05) is 18.5 Å². The third kappa shape index (κ3) is 2.75. The predicted octanol–water partition coefficient (Wildman–Crippen LogP) is 2.23. The maximum Gasteiger partial charge on any atom is 0.139 e. The number of nitrogens with zero attached hydrogens (tertiary/aromatic N) is 5. The molecule has 1 saturated heterocycles. The first kappa shape index (κ1) is 13.3. The molecule has 1 unspecified atom stereocenters. The first-order valence-electron chi connectivity index (χ1n) is 7.27. The van der Waals surface area contributed by atoms with E-state index in [4.69, 9.17) is 4.52 Å². The molecular weight excluding hydrogens is 254 g/mol. The Hall–Kier alpha value is -1.69. The van der Waals surface area contributed by atoms with Gasteiger partial charge in [-0.1, -0.05) is 19.0 Å². The van der Waals surface area contributed by atoms with Crippen LogP contribution in [0.5, 0.6) is 0 Å². The van der Waals surface area contributed by atoms with Crippen LogP contribution in [0.1, 0.15) is 50.1 Å². The number of hydrogen-bond acceptors (Lipinski definition) is 5. The fourth-order valence-electron chi connectivity index (χ4n) is 2.74.